The Morgan fingerprint density at radius 1 is 1.11 bits per heavy atom. The third kappa shape index (κ3) is 3.21. The molecule has 1 aromatic rings. The van der Waals surface area contributed by atoms with E-state index in [1.807, 2.05) is 0 Å². The van der Waals surface area contributed by atoms with Gasteiger partial charge in [-0.25, -0.2) is 0 Å². The van der Waals surface area contributed by atoms with Crippen LogP contribution in [0.2, 0.25) is 0 Å². The molecule has 1 aliphatic rings. The minimum atomic E-state index is 0.642. The van der Waals surface area contributed by atoms with Crippen molar-refractivity contribution in [3.8, 4) is 0 Å². The molecular formula is C15H24N2S. The van der Waals surface area contributed by atoms with Gasteiger partial charge in [0.25, 0.3) is 0 Å². The van der Waals surface area contributed by atoms with Crippen LogP contribution in [0.1, 0.15) is 37.7 Å². The summed E-state index contributed by atoms with van der Waals surface area (Å²) in [6.07, 6.45) is 8.91. The van der Waals surface area contributed by atoms with E-state index in [9.17, 15) is 0 Å². The molecule has 1 aliphatic heterocycles. The van der Waals surface area contributed by atoms with Crippen LogP contribution in [0.4, 0.5) is 5.69 Å². The van der Waals surface area contributed by atoms with E-state index >= 15 is 0 Å². The van der Waals surface area contributed by atoms with Crippen molar-refractivity contribution in [2.45, 2.75) is 43.5 Å². The lowest BCUT2D eigenvalue weighted by Crippen LogP contribution is -2.28. The van der Waals surface area contributed by atoms with Crippen molar-refractivity contribution in [3.05, 3.63) is 23.8 Å². The van der Waals surface area contributed by atoms with Crippen molar-refractivity contribution in [1.82, 2.24) is 0 Å². The topological polar surface area (TPSA) is 29.3 Å². The van der Waals surface area contributed by atoms with E-state index in [2.05, 4.69) is 29.4 Å². The van der Waals surface area contributed by atoms with Crippen LogP contribution in [0, 0.1) is 0 Å². The highest BCUT2D eigenvalue weighted by molar-refractivity contribution is 7.98. The van der Waals surface area contributed by atoms with E-state index in [0.717, 1.165) is 0 Å². The fraction of sp³-hybridized carbons (Fsp3) is 0.600. The molecule has 0 unspecified atom stereocenters. The first kappa shape index (κ1) is 13.8. The molecule has 2 rings (SSSR count). The summed E-state index contributed by atoms with van der Waals surface area (Å²) in [7, 11) is 0. The minimum Gasteiger partial charge on any atom is -0.371 e. The van der Waals surface area contributed by atoms with E-state index in [4.69, 9.17) is 5.73 Å². The first-order valence-electron chi connectivity index (χ1n) is 6.97. The number of hydrogen-bond acceptors (Lipinski definition) is 3. The number of benzene rings is 1. The highest BCUT2D eigenvalue weighted by atomic mass is 32.2. The average Bonchev–Trinajstić information content (AvgIpc) is 2.37. The van der Waals surface area contributed by atoms with Gasteiger partial charge in [-0.3, -0.25) is 0 Å². The maximum absolute atomic E-state index is 5.96. The second kappa shape index (κ2) is 7.05. The molecule has 0 spiro atoms. The Kier molecular flexibility index (Phi) is 5.39. The van der Waals surface area contributed by atoms with Crippen molar-refractivity contribution >= 4 is 17.4 Å². The first-order valence-corrected chi connectivity index (χ1v) is 8.20. The number of nitrogens with zero attached hydrogens (tertiary/aromatic N) is 1. The van der Waals surface area contributed by atoms with Gasteiger partial charge in [0.05, 0.1) is 0 Å². The summed E-state index contributed by atoms with van der Waals surface area (Å²) in [5.41, 5.74) is 8.66. The molecule has 0 aromatic heterocycles. The van der Waals surface area contributed by atoms with Gasteiger partial charge in [0, 0.05) is 35.8 Å². The predicted molar refractivity (Wildman–Crippen MR) is 81.4 cm³/mol. The maximum Gasteiger partial charge on any atom is 0.0423 e. The van der Waals surface area contributed by atoms with Gasteiger partial charge in [-0.2, -0.15) is 0 Å². The Morgan fingerprint density at radius 3 is 2.39 bits per heavy atom. The molecule has 0 radical (unpaired) electrons. The van der Waals surface area contributed by atoms with E-state index < -0.39 is 0 Å². The zero-order valence-corrected chi connectivity index (χ0v) is 12.1. The van der Waals surface area contributed by atoms with Crippen LogP contribution in [-0.4, -0.2) is 19.3 Å². The molecule has 0 atom stereocenters. The molecule has 18 heavy (non-hydrogen) atoms. The Morgan fingerprint density at radius 2 is 1.78 bits per heavy atom. The Hall–Kier alpha value is -0.670. The molecule has 1 saturated heterocycles. The lowest BCUT2D eigenvalue weighted by atomic mass is 10.1. The number of anilines is 1. The number of rotatable bonds is 3. The van der Waals surface area contributed by atoms with E-state index in [0.29, 0.717) is 6.54 Å². The maximum atomic E-state index is 5.96. The molecule has 3 heteroatoms. The molecule has 1 aromatic carbocycles. The fourth-order valence-electron chi connectivity index (χ4n) is 2.74. The zero-order valence-electron chi connectivity index (χ0n) is 11.3. The van der Waals surface area contributed by atoms with Gasteiger partial charge >= 0.3 is 0 Å². The standard InChI is InChI=1S/C15H24N2S/c1-18-15-9-7-8-14(13(15)12-16)17-10-5-3-2-4-6-11-17/h7-9H,2-6,10-12,16H2,1H3. The molecule has 1 heterocycles. The molecule has 2 nitrogen and oxygen atoms in total. The Balaban J connectivity index is 2.24. The highest BCUT2D eigenvalue weighted by Gasteiger charge is 2.14. The molecule has 0 saturated carbocycles. The Bertz CT molecular complexity index is 371. The summed E-state index contributed by atoms with van der Waals surface area (Å²) in [5, 5.41) is 0. The van der Waals surface area contributed by atoms with Crippen molar-refractivity contribution in [1.29, 1.82) is 0 Å². The van der Waals surface area contributed by atoms with Gasteiger partial charge in [-0.1, -0.05) is 25.3 Å². The van der Waals surface area contributed by atoms with E-state index in [-0.39, 0.29) is 0 Å². The van der Waals surface area contributed by atoms with Crippen LogP contribution >= 0.6 is 11.8 Å². The van der Waals surface area contributed by atoms with Crippen molar-refractivity contribution in [3.63, 3.8) is 0 Å². The van der Waals surface area contributed by atoms with Crippen molar-refractivity contribution in [2.75, 3.05) is 24.2 Å². The summed E-state index contributed by atoms with van der Waals surface area (Å²) >= 11 is 1.80. The van der Waals surface area contributed by atoms with Gasteiger partial charge in [0.1, 0.15) is 0 Å². The van der Waals surface area contributed by atoms with Gasteiger partial charge in [0.2, 0.25) is 0 Å². The SMILES string of the molecule is CSc1cccc(N2CCCCCCC2)c1CN. The largest absolute Gasteiger partial charge is 0.371 e. The Labute approximate surface area is 115 Å². The van der Waals surface area contributed by atoms with Crippen LogP contribution in [-0.2, 0) is 6.54 Å². The van der Waals surface area contributed by atoms with Gasteiger partial charge in [-0.15, -0.1) is 11.8 Å². The third-order valence-corrected chi connectivity index (χ3v) is 4.55. The normalized spacial score (nSPS) is 17.3. The van der Waals surface area contributed by atoms with E-state index in [1.165, 1.54) is 61.3 Å². The van der Waals surface area contributed by atoms with Crippen LogP contribution in [0.5, 0.6) is 0 Å². The second-order valence-corrected chi connectivity index (χ2v) is 5.76. The summed E-state index contributed by atoms with van der Waals surface area (Å²) in [6, 6.07) is 6.59. The van der Waals surface area contributed by atoms with Crippen LogP contribution in [0.25, 0.3) is 0 Å². The average molecular weight is 264 g/mol. The summed E-state index contributed by atoms with van der Waals surface area (Å²) < 4.78 is 0. The highest BCUT2D eigenvalue weighted by Crippen LogP contribution is 2.30. The van der Waals surface area contributed by atoms with Crippen LogP contribution in [0.15, 0.2) is 23.1 Å². The molecule has 1 fully saturated rings. The molecule has 0 aliphatic carbocycles. The van der Waals surface area contributed by atoms with Gasteiger partial charge in [-0.05, 0) is 31.2 Å². The predicted octanol–water partition coefficient (Wildman–Crippen LogP) is 3.64. The summed E-state index contributed by atoms with van der Waals surface area (Å²) in [4.78, 5) is 3.87. The van der Waals surface area contributed by atoms with Crippen molar-refractivity contribution < 1.29 is 0 Å². The van der Waals surface area contributed by atoms with Gasteiger partial charge < -0.3 is 10.6 Å². The molecule has 0 amide bonds. The van der Waals surface area contributed by atoms with Crippen LogP contribution in [0.3, 0.4) is 0 Å². The number of nitrogens with two attached hydrogens (primary N) is 1. The quantitative estimate of drug-likeness (QED) is 0.845. The van der Waals surface area contributed by atoms with E-state index in [1.54, 1.807) is 11.8 Å². The first-order chi connectivity index (χ1) is 8.86. The molecule has 0 bridgehead atoms. The fourth-order valence-corrected chi connectivity index (χ4v) is 3.38. The monoisotopic (exact) mass is 264 g/mol. The molecular weight excluding hydrogens is 240 g/mol. The number of thioether (sulfide) groups is 1. The summed E-state index contributed by atoms with van der Waals surface area (Å²) in [5.74, 6) is 0. The molecule has 2 N–H and O–H groups in total. The molecule has 100 valence electrons. The number of hydrogen-bond donors (Lipinski definition) is 1. The van der Waals surface area contributed by atoms with Crippen molar-refractivity contribution in [2.24, 2.45) is 5.73 Å². The van der Waals surface area contributed by atoms with Crippen LogP contribution < -0.4 is 10.6 Å². The second-order valence-electron chi connectivity index (χ2n) is 4.92. The minimum absolute atomic E-state index is 0.642. The summed E-state index contributed by atoms with van der Waals surface area (Å²) in [6.45, 7) is 3.01. The third-order valence-electron chi connectivity index (χ3n) is 3.73. The lowest BCUT2D eigenvalue weighted by Gasteiger charge is -2.29. The lowest BCUT2D eigenvalue weighted by molar-refractivity contribution is 0.555. The zero-order chi connectivity index (χ0) is 12.8. The smallest absolute Gasteiger partial charge is 0.0423 e. The van der Waals surface area contributed by atoms with Gasteiger partial charge in [0.15, 0.2) is 0 Å².